The minimum atomic E-state index is -0.760. The average Bonchev–Trinajstić information content (AvgIpc) is 2.96. The first-order chi connectivity index (χ1) is 20.1. The fourth-order valence-corrected chi connectivity index (χ4v) is 5.47. The van der Waals surface area contributed by atoms with E-state index in [2.05, 4.69) is 79.3 Å². The van der Waals surface area contributed by atoms with E-state index in [9.17, 15) is 4.79 Å². The molecule has 0 radical (unpaired) electrons. The summed E-state index contributed by atoms with van der Waals surface area (Å²) in [4.78, 5) is 28.3. The molecule has 2 atom stereocenters. The minimum Gasteiger partial charge on any atom is -0.441 e. The summed E-state index contributed by atoms with van der Waals surface area (Å²) in [5.41, 5.74) is 10.7. The Morgan fingerprint density at radius 3 is 2.62 bits per heavy atom. The number of nitrogens with zero attached hydrogens (tertiary/aromatic N) is 4. The molecule has 0 fully saturated rings. The van der Waals surface area contributed by atoms with Crippen LogP contribution in [0.5, 0.6) is 0 Å². The quantitative estimate of drug-likeness (QED) is 0.221. The number of hydrogen-bond donors (Lipinski definition) is 2. The molecule has 5 rings (SSSR count). The van der Waals surface area contributed by atoms with Crippen LogP contribution < -0.4 is 16.0 Å². The molecule has 1 aliphatic heterocycles. The van der Waals surface area contributed by atoms with Crippen LogP contribution in [0.3, 0.4) is 0 Å². The molecule has 0 saturated carbocycles. The first-order valence-electron chi connectivity index (χ1n) is 14.6. The van der Waals surface area contributed by atoms with Gasteiger partial charge in [0.15, 0.2) is 0 Å². The molecule has 8 nitrogen and oxygen atoms in total. The third-order valence-corrected chi connectivity index (χ3v) is 7.32. The molecule has 218 valence electrons. The summed E-state index contributed by atoms with van der Waals surface area (Å²) >= 11 is 0. The van der Waals surface area contributed by atoms with E-state index in [0.29, 0.717) is 12.4 Å². The van der Waals surface area contributed by atoms with E-state index in [-0.39, 0.29) is 11.5 Å². The van der Waals surface area contributed by atoms with Gasteiger partial charge in [-0.05, 0) is 66.8 Å². The number of primary amides is 1. The van der Waals surface area contributed by atoms with Crippen molar-refractivity contribution < 1.29 is 9.53 Å². The number of carbonyl (C=O) groups excluding carboxylic acids is 1. The number of anilines is 3. The van der Waals surface area contributed by atoms with E-state index in [0.717, 1.165) is 59.8 Å². The predicted molar refractivity (Wildman–Crippen MR) is 168 cm³/mol. The van der Waals surface area contributed by atoms with Crippen LogP contribution in [0, 0.1) is 5.41 Å². The SMILES string of the molecule is C[C@@H](Cc1cccc([C@@H](CC(C)(C)C)OC(N)=O)c1)Nc1nccc(N2CCCc3ccc(-c4ccccc4)nc32)n1. The van der Waals surface area contributed by atoms with Crippen molar-refractivity contribution in [1.29, 1.82) is 0 Å². The van der Waals surface area contributed by atoms with Gasteiger partial charge in [0.05, 0.1) is 5.69 Å². The van der Waals surface area contributed by atoms with E-state index in [1.807, 2.05) is 36.4 Å². The van der Waals surface area contributed by atoms with Crippen molar-refractivity contribution in [3.8, 4) is 11.3 Å². The second-order valence-corrected chi connectivity index (χ2v) is 12.2. The molecule has 0 bridgehead atoms. The third kappa shape index (κ3) is 7.43. The highest BCUT2D eigenvalue weighted by atomic mass is 16.6. The van der Waals surface area contributed by atoms with Gasteiger partial charge in [0.1, 0.15) is 17.7 Å². The Balaban J connectivity index is 1.31. The minimum absolute atomic E-state index is 0.0270. The van der Waals surface area contributed by atoms with Crippen LogP contribution in [0.4, 0.5) is 22.4 Å². The van der Waals surface area contributed by atoms with Gasteiger partial charge in [-0.25, -0.2) is 14.8 Å². The molecule has 4 aromatic rings. The summed E-state index contributed by atoms with van der Waals surface area (Å²) in [5, 5.41) is 3.48. The number of amides is 1. The second kappa shape index (κ2) is 12.6. The fraction of sp³-hybridized carbons (Fsp3) is 0.353. The Bertz CT molecular complexity index is 1520. The van der Waals surface area contributed by atoms with Gasteiger partial charge in [0.2, 0.25) is 5.95 Å². The zero-order valence-electron chi connectivity index (χ0n) is 24.9. The number of aryl methyl sites for hydroxylation is 1. The van der Waals surface area contributed by atoms with Crippen LogP contribution in [0.2, 0.25) is 0 Å². The van der Waals surface area contributed by atoms with Crippen molar-refractivity contribution in [2.45, 2.75) is 65.5 Å². The van der Waals surface area contributed by atoms with Crippen LogP contribution >= 0.6 is 0 Å². The Kier molecular flexibility index (Phi) is 8.71. The Morgan fingerprint density at radius 1 is 1.05 bits per heavy atom. The number of pyridine rings is 1. The summed E-state index contributed by atoms with van der Waals surface area (Å²) in [7, 11) is 0. The van der Waals surface area contributed by atoms with Gasteiger partial charge >= 0.3 is 6.09 Å². The lowest BCUT2D eigenvalue weighted by Crippen LogP contribution is -2.27. The summed E-state index contributed by atoms with van der Waals surface area (Å²) in [5.74, 6) is 2.36. The first kappa shape index (κ1) is 29.0. The second-order valence-electron chi connectivity index (χ2n) is 12.2. The zero-order valence-corrected chi connectivity index (χ0v) is 24.9. The Labute approximate surface area is 248 Å². The number of rotatable bonds is 9. The maximum Gasteiger partial charge on any atom is 0.405 e. The molecule has 0 unspecified atom stereocenters. The lowest BCUT2D eigenvalue weighted by Gasteiger charge is -2.30. The van der Waals surface area contributed by atoms with Gasteiger partial charge in [0, 0.05) is 24.3 Å². The maximum absolute atomic E-state index is 11.6. The molecule has 3 N–H and O–H groups in total. The Morgan fingerprint density at radius 2 is 1.86 bits per heavy atom. The molecular formula is C34H40N6O2. The molecular weight excluding hydrogens is 524 g/mol. The van der Waals surface area contributed by atoms with Gasteiger partial charge in [-0.2, -0.15) is 4.98 Å². The number of hydrogen-bond acceptors (Lipinski definition) is 7. The molecule has 42 heavy (non-hydrogen) atoms. The fourth-order valence-electron chi connectivity index (χ4n) is 5.47. The monoisotopic (exact) mass is 564 g/mol. The van der Waals surface area contributed by atoms with Gasteiger partial charge in [0.25, 0.3) is 0 Å². The number of nitrogens with two attached hydrogens (primary N) is 1. The number of ether oxygens (including phenoxy) is 1. The molecule has 2 aromatic heterocycles. The average molecular weight is 565 g/mol. The van der Waals surface area contributed by atoms with E-state index in [1.165, 1.54) is 5.56 Å². The van der Waals surface area contributed by atoms with Crippen molar-refractivity contribution in [1.82, 2.24) is 15.0 Å². The molecule has 3 heterocycles. The smallest absolute Gasteiger partial charge is 0.405 e. The number of carbonyl (C=O) groups is 1. The first-order valence-corrected chi connectivity index (χ1v) is 14.6. The highest BCUT2D eigenvalue weighted by Gasteiger charge is 2.24. The zero-order chi connectivity index (χ0) is 29.7. The number of aromatic nitrogens is 3. The van der Waals surface area contributed by atoms with Gasteiger partial charge in [-0.3, -0.25) is 0 Å². The van der Waals surface area contributed by atoms with E-state index in [4.69, 9.17) is 20.4 Å². The standard InChI is InChI=1S/C34H40N6O2/c1-23(20-24-10-8-13-27(21-24)29(42-32(35)41)22-34(2,3)4)37-33-36-18-17-30(39-33)40-19-9-14-26-15-16-28(38-31(26)40)25-11-6-5-7-12-25/h5-8,10-13,15-18,21,23,29H,9,14,19-20,22H2,1-4H3,(H2,35,41)(H,36,37,39)/t23-,29+/m0/s1. The van der Waals surface area contributed by atoms with Gasteiger partial charge < -0.3 is 20.7 Å². The van der Waals surface area contributed by atoms with Gasteiger partial charge in [-0.15, -0.1) is 0 Å². The Hall–Kier alpha value is -4.46. The number of nitrogens with one attached hydrogen (secondary N) is 1. The van der Waals surface area contributed by atoms with Crippen molar-refractivity contribution >= 4 is 23.7 Å². The normalized spacial score (nSPS) is 14.5. The van der Waals surface area contributed by atoms with Crippen molar-refractivity contribution in [2.24, 2.45) is 11.1 Å². The topological polar surface area (TPSA) is 106 Å². The molecule has 2 aromatic carbocycles. The highest BCUT2D eigenvalue weighted by molar-refractivity contribution is 5.68. The van der Waals surface area contributed by atoms with E-state index in [1.54, 1.807) is 6.20 Å². The lowest BCUT2D eigenvalue weighted by molar-refractivity contribution is 0.0789. The summed E-state index contributed by atoms with van der Waals surface area (Å²) in [6.45, 7) is 9.32. The molecule has 0 aliphatic carbocycles. The molecule has 8 heteroatoms. The van der Waals surface area contributed by atoms with Crippen molar-refractivity contribution in [3.05, 3.63) is 95.7 Å². The number of fused-ring (bicyclic) bond motifs is 1. The number of benzene rings is 2. The largest absolute Gasteiger partial charge is 0.441 e. The summed E-state index contributed by atoms with van der Waals surface area (Å²) in [6, 6.07) is 24.7. The molecule has 0 saturated heterocycles. The third-order valence-electron chi connectivity index (χ3n) is 7.32. The van der Waals surface area contributed by atoms with Crippen LogP contribution in [0.1, 0.15) is 63.3 Å². The van der Waals surface area contributed by atoms with Crippen LogP contribution in [0.25, 0.3) is 11.3 Å². The van der Waals surface area contributed by atoms with Crippen LogP contribution in [-0.4, -0.2) is 33.6 Å². The highest BCUT2D eigenvalue weighted by Crippen LogP contribution is 2.34. The summed E-state index contributed by atoms with van der Waals surface area (Å²) in [6.07, 6.45) is 4.10. The van der Waals surface area contributed by atoms with Crippen molar-refractivity contribution in [2.75, 3.05) is 16.8 Å². The lowest BCUT2D eigenvalue weighted by atomic mass is 9.86. The van der Waals surface area contributed by atoms with E-state index < -0.39 is 12.2 Å². The summed E-state index contributed by atoms with van der Waals surface area (Å²) < 4.78 is 5.49. The molecule has 1 aliphatic rings. The van der Waals surface area contributed by atoms with Gasteiger partial charge in [-0.1, -0.05) is 81.4 Å². The van der Waals surface area contributed by atoms with Crippen molar-refractivity contribution in [3.63, 3.8) is 0 Å². The molecule has 1 amide bonds. The molecule has 0 spiro atoms. The van der Waals surface area contributed by atoms with E-state index >= 15 is 0 Å². The van der Waals surface area contributed by atoms with Crippen LogP contribution in [-0.2, 0) is 17.6 Å². The maximum atomic E-state index is 11.6. The predicted octanol–water partition coefficient (Wildman–Crippen LogP) is 7.24. The van der Waals surface area contributed by atoms with Crippen LogP contribution in [0.15, 0.2) is 79.0 Å².